The van der Waals surface area contributed by atoms with E-state index in [2.05, 4.69) is 42.2 Å². The van der Waals surface area contributed by atoms with E-state index in [4.69, 9.17) is 9.72 Å². The van der Waals surface area contributed by atoms with Crippen molar-refractivity contribution in [3.8, 4) is 22.9 Å². The summed E-state index contributed by atoms with van der Waals surface area (Å²) in [5, 5.41) is 10.3. The van der Waals surface area contributed by atoms with Gasteiger partial charge in [0.05, 0.1) is 11.9 Å². The van der Waals surface area contributed by atoms with Crippen molar-refractivity contribution < 1.29 is 13.9 Å². The molecule has 1 saturated heterocycles. The van der Waals surface area contributed by atoms with Crippen LogP contribution in [-0.2, 0) is 11.8 Å². The van der Waals surface area contributed by atoms with Gasteiger partial charge >= 0.3 is 6.01 Å². The molecule has 39 heavy (non-hydrogen) atoms. The summed E-state index contributed by atoms with van der Waals surface area (Å²) in [6, 6.07) is 6.53. The third-order valence-electron chi connectivity index (χ3n) is 6.27. The minimum absolute atomic E-state index is 0.0143. The van der Waals surface area contributed by atoms with Gasteiger partial charge in [0.1, 0.15) is 5.82 Å². The number of nitrogens with zero attached hydrogens (tertiary/aromatic N) is 7. The highest BCUT2D eigenvalue weighted by atomic mass is 19.1. The Balaban J connectivity index is 1.43. The molecule has 3 aromatic heterocycles. The van der Waals surface area contributed by atoms with E-state index in [0.29, 0.717) is 41.7 Å². The first-order valence-electron chi connectivity index (χ1n) is 12.5. The topological polar surface area (TPSA) is 123 Å². The van der Waals surface area contributed by atoms with Gasteiger partial charge in [0, 0.05) is 56.0 Å². The highest BCUT2D eigenvalue weighted by molar-refractivity contribution is 5.87. The number of piperidine rings is 1. The van der Waals surface area contributed by atoms with Crippen molar-refractivity contribution in [3.05, 3.63) is 73.2 Å². The molecule has 200 valence electrons. The van der Waals surface area contributed by atoms with Gasteiger partial charge in [0.25, 0.3) is 0 Å². The fraction of sp³-hybridized carbons (Fsp3) is 0.259. The highest BCUT2D eigenvalue weighted by Crippen LogP contribution is 2.34. The number of ether oxygens (including phenoxy) is 1. The van der Waals surface area contributed by atoms with Gasteiger partial charge in [0.2, 0.25) is 11.9 Å². The Morgan fingerprint density at radius 1 is 1.18 bits per heavy atom. The molecule has 0 aliphatic carbocycles. The van der Waals surface area contributed by atoms with E-state index in [1.807, 2.05) is 13.2 Å². The second-order valence-electron chi connectivity index (χ2n) is 9.16. The van der Waals surface area contributed by atoms with Crippen molar-refractivity contribution in [2.24, 2.45) is 7.05 Å². The van der Waals surface area contributed by atoms with Crippen LogP contribution in [-0.4, -0.2) is 54.8 Å². The Bertz CT molecular complexity index is 1500. The Morgan fingerprint density at radius 3 is 2.69 bits per heavy atom. The summed E-state index contributed by atoms with van der Waals surface area (Å²) < 4.78 is 22.4. The van der Waals surface area contributed by atoms with Gasteiger partial charge in [-0.1, -0.05) is 12.6 Å². The van der Waals surface area contributed by atoms with Gasteiger partial charge in [-0.2, -0.15) is 10.1 Å². The lowest BCUT2D eigenvalue weighted by Crippen LogP contribution is -2.44. The van der Waals surface area contributed by atoms with Crippen molar-refractivity contribution >= 4 is 23.4 Å². The molecule has 1 fully saturated rings. The zero-order valence-electron chi connectivity index (χ0n) is 21.6. The quantitative estimate of drug-likeness (QED) is 0.327. The first kappa shape index (κ1) is 25.8. The molecular formula is C27H28FN9O2. The predicted molar refractivity (Wildman–Crippen MR) is 144 cm³/mol. The average molecular weight is 530 g/mol. The van der Waals surface area contributed by atoms with E-state index in [1.54, 1.807) is 48.4 Å². The van der Waals surface area contributed by atoms with Crippen LogP contribution >= 0.6 is 0 Å². The van der Waals surface area contributed by atoms with E-state index >= 15 is 4.39 Å². The van der Waals surface area contributed by atoms with Crippen molar-refractivity contribution in [2.75, 3.05) is 23.3 Å². The molecule has 0 unspecified atom stereocenters. The average Bonchev–Trinajstić information content (AvgIpc) is 3.34. The van der Waals surface area contributed by atoms with E-state index in [1.165, 1.54) is 12.1 Å². The molecule has 4 heterocycles. The van der Waals surface area contributed by atoms with Crippen LogP contribution in [0, 0.1) is 12.7 Å². The number of benzene rings is 1. The van der Waals surface area contributed by atoms with Gasteiger partial charge in [-0.05, 0) is 49.6 Å². The van der Waals surface area contributed by atoms with Gasteiger partial charge < -0.3 is 20.3 Å². The first-order valence-corrected chi connectivity index (χ1v) is 12.5. The fourth-order valence-electron chi connectivity index (χ4n) is 4.31. The number of hydrogen-bond donors (Lipinski definition) is 2. The summed E-state index contributed by atoms with van der Waals surface area (Å²) in [6.45, 7) is 6.62. The standard InChI is InChI=1S/C27H28FN9O2/c1-4-24(38)33-19-8-11-37(12-9-19)25-21(15-30-26(35-25)34-20-14-31-36(3)16-20)18-5-6-23(22(28)13-18)39-27-29-10-7-17(2)32-27/h4-7,10,13-16,19H,1,8-9,11-12H2,2-3H3,(H,33,38)(H,30,34,35). The Labute approximate surface area is 224 Å². The lowest BCUT2D eigenvalue weighted by molar-refractivity contribution is -0.117. The third kappa shape index (κ3) is 6.17. The molecular weight excluding hydrogens is 501 g/mol. The van der Waals surface area contributed by atoms with Crippen LogP contribution in [0.2, 0.25) is 0 Å². The summed E-state index contributed by atoms with van der Waals surface area (Å²) in [5.74, 6) is 0.307. The van der Waals surface area contributed by atoms with Gasteiger partial charge in [-0.3, -0.25) is 9.48 Å². The maximum atomic E-state index is 15.2. The van der Waals surface area contributed by atoms with Gasteiger partial charge in [0.15, 0.2) is 11.6 Å². The molecule has 0 bridgehead atoms. The Hall–Kier alpha value is -4.87. The fourth-order valence-corrected chi connectivity index (χ4v) is 4.31. The van der Waals surface area contributed by atoms with Crippen LogP contribution in [0.15, 0.2) is 61.7 Å². The van der Waals surface area contributed by atoms with Crippen LogP contribution in [0.4, 0.5) is 21.8 Å². The SMILES string of the molecule is C=CC(=O)NC1CCN(c2nc(Nc3cnn(C)c3)ncc2-c2ccc(Oc3nccc(C)n3)c(F)c2)CC1. The summed E-state index contributed by atoms with van der Waals surface area (Å²) in [6.07, 6.45) is 9.45. The van der Waals surface area contributed by atoms with E-state index in [-0.39, 0.29) is 23.7 Å². The smallest absolute Gasteiger partial charge is 0.322 e. The number of carbonyl (C=O) groups is 1. The van der Waals surface area contributed by atoms with Crippen LogP contribution < -0.4 is 20.3 Å². The zero-order valence-corrected chi connectivity index (χ0v) is 21.6. The maximum absolute atomic E-state index is 15.2. The summed E-state index contributed by atoms with van der Waals surface area (Å²) in [5.41, 5.74) is 2.71. The van der Waals surface area contributed by atoms with E-state index < -0.39 is 5.82 Å². The second-order valence-corrected chi connectivity index (χ2v) is 9.16. The number of aryl methyl sites for hydroxylation is 2. The number of halogens is 1. The monoisotopic (exact) mass is 529 g/mol. The lowest BCUT2D eigenvalue weighted by atomic mass is 10.0. The van der Waals surface area contributed by atoms with Crippen LogP contribution in [0.3, 0.4) is 0 Å². The predicted octanol–water partition coefficient (Wildman–Crippen LogP) is 3.92. The summed E-state index contributed by atoms with van der Waals surface area (Å²) in [7, 11) is 1.82. The molecule has 2 N–H and O–H groups in total. The number of aromatic nitrogens is 6. The van der Waals surface area contributed by atoms with Crippen LogP contribution in [0.25, 0.3) is 11.1 Å². The largest absolute Gasteiger partial charge is 0.421 e. The van der Waals surface area contributed by atoms with Crippen molar-refractivity contribution in [2.45, 2.75) is 25.8 Å². The van der Waals surface area contributed by atoms with Crippen molar-refractivity contribution in [1.29, 1.82) is 0 Å². The van der Waals surface area contributed by atoms with Gasteiger partial charge in [-0.25, -0.2) is 19.3 Å². The minimum atomic E-state index is -0.563. The Morgan fingerprint density at radius 2 is 2.00 bits per heavy atom. The molecule has 5 rings (SSSR count). The van der Waals surface area contributed by atoms with Crippen molar-refractivity contribution in [1.82, 2.24) is 35.0 Å². The third-order valence-corrected chi connectivity index (χ3v) is 6.27. The molecule has 0 radical (unpaired) electrons. The molecule has 0 atom stereocenters. The van der Waals surface area contributed by atoms with Crippen LogP contribution in [0.1, 0.15) is 18.5 Å². The summed E-state index contributed by atoms with van der Waals surface area (Å²) >= 11 is 0. The van der Waals surface area contributed by atoms with Crippen molar-refractivity contribution in [3.63, 3.8) is 0 Å². The number of rotatable bonds is 8. The minimum Gasteiger partial charge on any atom is -0.421 e. The molecule has 1 aliphatic heterocycles. The van der Waals surface area contributed by atoms with E-state index in [9.17, 15) is 4.79 Å². The lowest BCUT2D eigenvalue weighted by Gasteiger charge is -2.34. The molecule has 11 nitrogen and oxygen atoms in total. The second kappa shape index (κ2) is 11.3. The highest BCUT2D eigenvalue weighted by Gasteiger charge is 2.24. The summed E-state index contributed by atoms with van der Waals surface area (Å²) in [4.78, 5) is 31.4. The maximum Gasteiger partial charge on any atom is 0.322 e. The number of carbonyl (C=O) groups excluding carboxylic acids is 1. The molecule has 0 spiro atoms. The number of amides is 1. The number of nitrogens with one attached hydrogen (secondary N) is 2. The molecule has 1 aliphatic rings. The molecule has 1 amide bonds. The molecule has 1 aromatic carbocycles. The molecule has 12 heteroatoms. The van der Waals surface area contributed by atoms with Gasteiger partial charge in [-0.15, -0.1) is 0 Å². The number of hydrogen-bond acceptors (Lipinski definition) is 9. The first-order chi connectivity index (χ1) is 18.9. The van der Waals surface area contributed by atoms with E-state index in [0.717, 1.165) is 18.5 Å². The normalized spacial score (nSPS) is 13.7. The zero-order chi connectivity index (χ0) is 27.4. The number of anilines is 3. The molecule has 0 saturated carbocycles. The van der Waals surface area contributed by atoms with Crippen LogP contribution in [0.5, 0.6) is 11.8 Å². The molecule has 4 aromatic rings. The Kier molecular flexibility index (Phi) is 7.43.